The summed E-state index contributed by atoms with van der Waals surface area (Å²) in [6.45, 7) is -0.631. The SMILES string of the molecule is O=C(CO[P+](=O)O)Oc1ncco1. The van der Waals surface area contributed by atoms with Gasteiger partial charge in [-0.15, -0.1) is 9.42 Å². The average molecular weight is 206 g/mol. The first-order valence-electron chi connectivity index (χ1n) is 3.07. The van der Waals surface area contributed by atoms with Crippen LogP contribution in [0.2, 0.25) is 0 Å². The molecule has 0 saturated carbocycles. The Morgan fingerprint density at radius 2 is 2.54 bits per heavy atom. The van der Waals surface area contributed by atoms with Crippen molar-refractivity contribution in [1.29, 1.82) is 0 Å². The van der Waals surface area contributed by atoms with Crippen molar-refractivity contribution >= 4 is 14.2 Å². The lowest BCUT2D eigenvalue weighted by Crippen LogP contribution is -2.13. The van der Waals surface area contributed by atoms with Gasteiger partial charge in [-0.2, -0.15) is 4.98 Å². The number of aromatic nitrogens is 1. The first-order valence-corrected chi connectivity index (χ1v) is 4.21. The van der Waals surface area contributed by atoms with Crippen LogP contribution in [0.15, 0.2) is 16.9 Å². The Labute approximate surface area is 73.2 Å². The maximum absolute atomic E-state index is 10.7. The van der Waals surface area contributed by atoms with E-state index in [-0.39, 0.29) is 6.08 Å². The lowest BCUT2D eigenvalue weighted by atomic mass is 10.7. The first kappa shape index (κ1) is 9.79. The lowest BCUT2D eigenvalue weighted by Gasteiger charge is -1.92. The van der Waals surface area contributed by atoms with Gasteiger partial charge in [0, 0.05) is 4.57 Å². The molecule has 7 nitrogen and oxygen atoms in total. The van der Waals surface area contributed by atoms with E-state index in [2.05, 4.69) is 18.7 Å². The fourth-order valence-electron chi connectivity index (χ4n) is 0.496. The Kier molecular flexibility index (Phi) is 3.51. The minimum absolute atomic E-state index is 0.234. The van der Waals surface area contributed by atoms with Crippen LogP contribution >= 0.6 is 8.25 Å². The summed E-state index contributed by atoms with van der Waals surface area (Å²) < 4.78 is 23.0. The van der Waals surface area contributed by atoms with Crippen LogP contribution in [0.5, 0.6) is 6.08 Å². The van der Waals surface area contributed by atoms with Gasteiger partial charge in [0.05, 0.1) is 6.20 Å². The summed E-state index contributed by atoms with van der Waals surface area (Å²) in [5.41, 5.74) is 0. The van der Waals surface area contributed by atoms with Crippen molar-refractivity contribution in [2.75, 3.05) is 6.61 Å². The molecule has 0 amide bonds. The Morgan fingerprint density at radius 3 is 3.08 bits per heavy atom. The van der Waals surface area contributed by atoms with E-state index in [4.69, 9.17) is 4.89 Å². The van der Waals surface area contributed by atoms with Crippen molar-refractivity contribution < 1.29 is 27.9 Å². The van der Waals surface area contributed by atoms with E-state index in [1.807, 2.05) is 0 Å². The highest BCUT2D eigenvalue weighted by Gasteiger charge is 2.18. The number of hydrogen-bond donors (Lipinski definition) is 1. The number of rotatable bonds is 4. The Bertz CT molecular complexity index is 296. The molecule has 1 atom stereocenters. The highest BCUT2D eigenvalue weighted by molar-refractivity contribution is 7.32. The summed E-state index contributed by atoms with van der Waals surface area (Å²) in [6.07, 6.45) is 2.27. The minimum atomic E-state index is -2.80. The maximum atomic E-state index is 10.7. The zero-order valence-electron chi connectivity index (χ0n) is 6.24. The molecule has 0 aromatic carbocycles. The third kappa shape index (κ3) is 3.75. The van der Waals surface area contributed by atoms with Gasteiger partial charge in [0.2, 0.25) is 6.61 Å². The zero-order valence-corrected chi connectivity index (χ0v) is 7.14. The van der Waals surface area contributed by atoms with Crippen LogP contribution in [0, 0.1) is 0 Å². The number of oxazole rings is 1. The molecule has 0 fully saturated rings. The molecular formula is C5H5NO6P+. The van der Waals surface area contributed by atoms with E-state index in [0.717, 1.165) is 0 Å². The molecule has 1 heterocycles. The second kappa shape index (κ2) is 4.66. The van der Waals surface area contributed by atoms with Crippen LogP contribution in [-0.4, -0.2) is 22.5 Å². The second-order valence-electron chi connectivity index (χ2n) is 1.78. The van der Waals surface area contributed by atoms with Crippen molar-refractivity contribution in [2.24, 2.45) is 0 Å². The molecular weight excluding hydrogens is 201 g/mol. The summed E-state index contributed by atoms with van der Waals surface area (Å²) in [4.78, 5) is 22.4. The summed E-state index contributed by atoms with van der Waals surface area (Å²) in [5.74, 6) is -0.861. The highest BCUT2D eigenvalue weighted by Crippen LogP contribution is 2.14. The van der Waals surface area contributed by atoms with Crippen molar-refractivity contribution in [3.8, 4) is 6.08 Å². The van der Waals surface area contributed by atoms with Crippen LogP contribution in [0.25, 0.3) is 0 Å². The average Bonchev–Trinajstić information content (AvgIpc) is 2.53. The van der Waals surface area contributed by atoms with Gasteiger partial charge in [0.25, 0.3) is 0 Å². The molecule has 70 valence electrons. The third-order valence-electron chi connectivity index (χ3n) is 0.904. The number of carbonyl (C=O) groups is 1. The molecule has 0 spiro atoms. The predicted octanol–water partition coefficient (Wildman–Crippen LogP) is 0.246. The van der Waals surface area contributed by atoms with E-state index < -0.39 is 20.8 Å². The molecule has 0 aliphatic rings. The second-order valence-corrected chi connectivity index (χ2v) is 2.52. The third-order valence-corrected chi connectivity index (χ3v) is 1.25. The van der Waals surface area contributed by atoms with Gasteiger partial charge in [-0.05, 0) is 0 Å². The van der Waals surface area contributed by atoms with Gasteiger partial charge in [0.1, 0.15) is 6.26 Å². The molecule has 13 heavy (non-hydrogen) atoms. The van der Waals surface area contributed by atoms with Gasteiger partial charge in [-0.1, -0.05) is 0 Å². The van der Waals surface area contributed by atoms with Gasteiger partial charge < -0.3 is 9.15 Å². The molecule has 0 aliphatic carbocycles. The van der Waals surface area contributed by atoms with E-state index in [1.54, 1.807) is 0 Å². The molecule has 1 aromatic rings. The molecule has 1 N–H and O–H groups in total. The predicted molar refractivity (Wildman–Crippen MR) is 37.9 cm³/mol. The van der Waals surface area contributed by atoms with Gasteiger partial charge in [-0.25, -0.2) is 4.79 Å². The minimum Gasteiger partial charge on any atom is -0.417 e. The molecule has 0 aliphatic heterocycles. The smallest absolute Gasteiger partial charge is 0.417 e. The fourth-order valence-corrected chi connectivity index (χ4v) is 0.711. The largest absolute Gasteiger partial charge is 0.695 e. The molecule has 1 aromatic heterocycles. The number of hydrogen-bond acceptors (Lipinski definition) is 6. The number of ether oxygens (including phenoxy) is 1. The van der Waals surface area contributed by atoms with E-state index in [0.29, 0.717) is 0 Å². The normalized spacial score (nSPS) is 11.0. The van der Waals surface area contributed by atoms with Crippen molar-refractivity contribution in [3.05, 3.63) is 12.5 Å². The monoisotopic (exact) mass is 206 g/mol. The molecule has 8 heteroatoms. The highest BCUT2D eigenvalue weighted by atomic mass is 31.1. The van der Waals surface area contributed by atoms with Gasteiger partial charge in [0.15, 0.2) is 0 Å². The van der Waals surface area contributed by atoms with Gasteiger partial charge in [-0.3, -0.25) is 0 Å². The van der Waals surface area contributed by atoms with Crippen LogP contribution in [0.1, 0.15) is 0 Å². The van der Waals surface area contributed by atoms with E-state index >= 15 is 0 Å². The van der Waals surface area contributed by atoms with Crippen LogP contribution < -0.4 is 4.74 Å². The van der Waals surface area contributed by atoms with Crippen molar-refractivity contribution in [3.63, 3.8) is 0 Å². The molecule has 0 bridgehead atoms. The van der Waals surface area contributed by atoms with Crippen molar-refractivity contribution in [1.82, 2.24) is 4.98 Å². The van der Waals surface area contributed by atoms with Crippen LogP contribution in [-0.2, 0) is 13.9 Å². The fraction of sp³-hybridized carbons (Fsp3) is 0.200. The van der Waals surface area contributed by atoms with E-state index in [9.17, 15) is 9.36 Å². The molecule has 0 radical (unpaired) electrons. The summed E-state index contributed by atoms with van der Waals surface area (Å²) in [7, 11) is -2.80. The first-order chi connectivity index (χ1) is 6.18. The zero-order chi connectivity index (χ0) is 9.68. The van der Waals surface area contributed by atoms with Crippen LogP contribution in [0.4, 0.5) is 0 Å². The topological polar surface area (TPSA) is 98.9 Å². The number of nitrogens with zero attached hydrogens (tertiary/aromatic N) is 1. The van der Waals surface area contributed by atoms with E-state index in [1.165, 1.54) is 12.5 Å². The Morgan fingerprint density at radius 1 is 1.77 bits per heavy atom. The summed E-state index contributed by atoms with van der Waals surface area (Å²) in [5, 5.41) is 0. The summed E-state index contributed by atoms with van der Waals surface area (Å²) in [6, 6.07) is 0. The van der Waals surface area contributed by atoms with Crippen molar-refractivity contribution in [2.45, 2.75) is 0 Å². The Balaban J connectivity index is 2.30. The quantitative estimate of drug-likeness (QED) is 0.556. The molecule has 1 unspecified atom stereocenters. The molecule has 1 rings (SSSR count). The Hall–Kier alpha value is -1.30. The summed E-state index contributed by atoms with van der Waals surface area (Å²) >= 11 is 0. The molecule has 0 saturated heterocycles. The lowest BCUT2D eigenvalue weighted by molar-refractivity contribution is -0.138. The standard InChI is InChI=1S/C5H4NO6P/c7-4(3-11-13(8)9)12-5-6-1-2-10-5/h1-2H,3H2/p+1. The van der Waals surface area contributed by atoms with Gasteiger partial charge >= 0.3 is 20.3 Å². The maximum Gasteiger partial charge on any atom is 0.695 e. The van der Waals surface area contributed by atoms with Crippen LogP contribution in [0.3, 0.4) is 0 Å². The number of esters is 1. The number of carbonyl (C=O) groups excluding carboxylic acids is 1.